The molecule has 0 spiro atoms. The third kappa shape index (κ3) is 4.60. The van der Waals surface area contributed by atoms with Crippen LogP contribution in [0.5, 0.6) is 0 Å². The van der Waals surface area contributed by atoms with E-state index in [1.807, 2.05) is 13.0 Å². The molecular weight excluding hydrogens is 452 g/mol. The number of fused-ring (bicyclic) bond motifs is 1. The van der Waals surface area contributed by atoms with E-state index in [4.69, 9.17) is 16.3 Å². The lowest BCUT2D eigenvalue weighted by molar-refractivity contribution is 0.0949. The molecule has 4 heterocycles. The third-order valence-electron chi connectivity index (χ3n) is 6.51. The number of nitrogens with one attached hydrogen (secondary N) is 3. The predicted octanol–water partition coefficient (Wildman–Crippen LogP) is 3.26. The first-order chi connectivity index (χ1) is 16.6. The summed E-state index contributed by atoms with van der Waals surface area (Å²) in [6.45, 7) is 6.63. The Morgan fingerprint density at radius 1 is 1.29 bits per heavy atom. The molecule has 0 unspecified atom stereocenters. The zero-order valence-corrected chi connectivity index (χ0v) is 20.0. The highest BCUT2D eigenvalue weighted by atomic mass is 35.5. The summed E-state index contributed by atoms with van der Waals surface area (Å²) in [6.07, 6.45) is 4.80. The number of aryl methyl sites for hydroxylation is 1. The van der Waals surface area contributed by atoms with Crippen LogP contribution in [0.2, 0.25) is 5.02 Å². The molecule has 9 heteroatoms. The summed E-state index contributed by atoms with van der Waals surface area (Å²) >= 11 is 6.12. The topological polar surface area (TPSA) is 94.6 Å². The average molecular weight is 481 g/mol. The zero-order chi connectivity index (χ0) is 23.5. The number of H-pyrrole nitrogens is 1. The number of rotatable bonds is 7. The number of nitrogens with zero attached hydrogens (tertiary/aromatic N) is 3. The molecule has 1 aromatic carbocycles. The van der Waals surface area contributed by atoms with Crippen molar-refractivity contribution in [2.75, 3.05) is 44.3 Å². The van der Waals surface area contributed by atoms with Crippen LogP contribution in [0.3, 0.4) is 0 Å². The number of aliphatic imine (C=N–C) groups is 1. The van der Waals surface area contributed by atoms with Gasteiger partial charge < -0.3 is 25.3 Å². The molecule has 0 aliphatic carbocycles. The van der Waals surface area contributed by atoms with Gasteiger partial charge in [0, 0.05) is 43.4 Å². The van der Waals surface area contributed by atoms with E-state index in [2.05, 4.69) is 48.7 Å². The van der Waals surface area contributed by atoms with Crippen LogP contribution >= 0.6 is 11.6 Å². The molecule has 2 aromatic heterocycles. The van der Waals surface area contributed by atoms with E-state index >= 15 is 0 Å². The summed E-state index contributed by atoms with van der Waals surface area (Å²) in [5, 5.41) is 7.75. The van der Waals surface area contributed by atoms with Crippen molar-refractivity contribution < 1.29 is 9.53 Å². The SMILES string of the molecule is CCc1c(C(=O)NCCc2ccc(N3CCOCC3)cc2[C@H]2CNC=N2)[nH]c2ncc(Cl)cc12. The molecule has 1 atom stereocenters. The van der Waals surface area contributed by atoms with Gasteiger partial charge in [-0.3, -0.25) is 9.79 Å². The summed E-state index contributed by atoms with van der Waals surface area (Å²) < 4.78 is 5.50. The first kappa shape index (κ1) is 22.7. The van der Waals surface area contributed by atoms with Gasteiger partial charge in [-0.15, -0.1) is 0 Å². The maximum Gasteiger partial charge on any atom is 0.268 e. The number of hydrogen-bond acceptors (Lipinski definition) is 6. The van der Waals surface area contributed by atoms with Crippen molar-refractivity contribution >= 4 is 40.6 Å². The standard InChI is InChI=1S/C25H29ClN6O2/c1-2-19-21-11-17(26)13-29-24(21)31-23(19)25(33)28-6-5-16-3-4-18(32-7-9-34-10-8-32)12-20(16)22-14-27-15-30-22/h3-4,11-13,15,22H,2,5-10,14H2,1H3,(H,27,30)(H,28,33)(H,29,31)/t22-/m1/s1. The molecule has 0 saturated carbocycles. The minimum Gasteiger partial charge on any atom is -0.378 e. The molecule has 5 rings (SSSR count). The molecule has 2 aliphatic rings. The minimum atomic E-state index is -0.127. The summed E-state index contributed by atoms with van der Waals surface area (Å²) in [5.74, 6) is -0.127. The highest BCUT2D eigenvalue weighted by Crippen LogP contribution is 2.29. The molecule has 3 N–H and O–H groups in total. The van der Waals surface area contributed by atoms with Crippen molar-refractivity contribution in [3.8, 4) is 0 Å². The number of amides is 1. The van der Waals surface area contributed by atoms with Gasteiger partial charge in [0.15, 0.2) is 0 Å². The van der Waals surface area contributed by atoms with Gasteiger partial charge in [-0.25, -0.2) is 4.98 Å². The Kier molecular flexibility index (Phi) is 6.69. The van der Waals surface area contributed by atoms with E-state index in [9.17, 15) is 4.79 Å². The van der Waals surface area contributed by atoms with Crippen LogP contribution in [-0.4, -0.2) is 61.6 Å². The second-order valence-corrected chi connectivity index (χ2v) is 9.01. The molecule has 178 valence electrons. The monoisotopic (exact) mass is 480 g/mol. The maximum absolute atomic E-state index is 13.0. The van der Waals surface area contributed by atoms with Gasteiger partial charge in [0.05, 0.1) is 30.6 Å². The van der Waals surface area contributed by atoms with Gasteiger partial charge in [0.25, 0.3) is 5.91 Å². The van der Waals surface area contributed by atoms with E-state index in [0.29, 0.717) is 29.3 Å². The molecule has 1 saturated heterocycles. The number of carbonyl (C=O) groups is 1. The largest absolute Gasteiger partial charge is 0.378 e. The number of hydrogen-bond donors (Lipinski definition) is 3. The Balaban J connectivity index is 1.31. The Hall–Kier alpha value is -3.10. The number of pyridine rings is 1. The smallest absolute Gasteiger partial charge is 0.268 e. The van der Waals surface area contributed by atoms with E-state index in [1.165, 1.54) is 16.8 Å². The van der Waals surface area contributed by atoms with Crippen molar-refractivity contribution in [2.45, 2.75) is 25.8 Å². The van der Waals surface area contributed by atoms with Gasteiger partial charge >= 0.3 is 0 Å². The van der Waals surface area contributed by atoms with E-state index in [-0.39, 0.29) is 11.9 Å². The molecule has 0 radical (unpaired) electrons. The zero-order valence-electron chi connectivity index (χ0n) is 19.2. The summed E-state index contributed by atoms with van der Waals surface area (Å²) in [5.41, 5.74) is 5.77. The van der Waals surface area contributed by atoms with Crippen LogP contribution in [0.1, 0.15) is 40.1 Å². The fourth-order valence-corrected chi connectivity index (χ4v) is 4.90. The normalized spacial score (nSPS) is 17.8. The first-order valence-electron chi connectivity index (χ1n) is 11.8. The van der Waals surface area contributed by atoms with Crippen LogP contribution < -0.4 is 15.5 Å². The van der Waals surface area contributed by atoms with Gasteiger partial charge in [-0.05, 0) is 47.7 Å². The molecule has 3 aromatic rings. The summed E-state index contributed by atoms with van der Waals surface area (Å²) in [6, 6.07) is 8.53. The van der Waals surface area contributed by atoms with Crippen molar-refractivity contribution in [3.63, 3.8) is 0 Å². The fourth-order valence-electron chi connectivity index (χ4n) is 4.75. The van der Waals surface area contributed by atoms with Crippen molar-refractivity contribution in [2.24, 2.45) is 4.99 Å². The lowest BCUT2D eigenvalue weighted by Crippen LogP contribution is -2.36. The van der Waals surface area contributed by atoms with Gasteiger partial charge in [-0.2, -0.15) is 0 Å². The summed E-state index contributed by atoms with van der Waals surface area (Å²) in [7, 11) is 0. The number of carbonyl (C=O) groups excluding carboxylic acids is 1. The maximum atomic E-state index is 13.0. The van der Waals surface area contributed by atoms with Crippen molar-refractivity contribution in [1.29, 1.82) is 0 Å². The van der Waals surface area contributed by atoms with Crippen LogP contribution in [0.15, 0.2) is 35.5 Å². The van der Waals surface area contributed by atoms with Crippen LogP contribution in [0.4, 0.5) is 5.69 Å². The van der Waals surface area contributed by atoms with Crippen LogP contribution in [0, 0.1) is 0 Å². The first-order valence-corrected chi connectivity index (χ1v) is 12.2. The lowest BCUT2D eigenvalue weighted by atomic mass is 9.97. The molecule has 34 heavy (non-hydrogen) atoms. The molecular formula is C25H29ClN6O2. The second kappa shape index (κ2) is 10.0. The third-order valence-corrected chi connectivity index (χ3v) is 6.71. The Labute approximate surface area is 203 Å². The van der Waals surface area contributed by atoms with Gasteiger partial charge in [0.1, 0.15) is 11.3 Å². The highest BCUT2D eigenvalue weighted by Gasteiger charge is 2.21. The van der Waals surface area contributed by atoms with Crippen LogP contribution in [0.25, 0.3) is 11.0 Å². The molecule has 2 aliphatic heterocycles. The number of ether oxygens (including phenoxy) is 1. The Bertz CT molecular complexity index is 1220. The highest BCUT2D eigenvalue weighted by molar-refractivity contribution is 6.31. The molecule has 8 nitrogen and oxygen atoms in total. The quantitative estimate of drug-likeness (QED) is 0.482. The van der Waals surface area contributed by atoms with Crippen molar-refractivity contribution in [1.82, 2.24) is 20.6 Å². The summed E-state index contributed by atoms with van der Waals surface area (Å²) in [4.78, 5) is 27.5. The number of benzene rings is 1. The Morgan fingerprint density at radius 3 is 2.91 bits per heavy atom. The molecule has 1 fully saturated rings. The second-order valence-electron chi connectivity index (χ2n) is 8.57. The van der Waals surface area contributed by atoms with E-state index in [0.717, 1.165) is 50.2 Å². The Morgan fingerprint density at radius 2 is 2.15 bits per heavy atom. The van der Waals surface area contributed by atoms with Crippen LogP contribution in [-0.2, 0) is 17.6 Å². The number of halogens is 1. The van der Waals surface area contributed by atoms with Gasteiger partial charge in [0.2, 0.25) is 0 Å². The number of morpholine rings is 1. The lowest BCUT2D eigenvalue weighted by Gasteiger charge is -2.30. The number of anilines is 1. The molecule has 1 amide bonds. The van der Waals surface area contributed by atoms with E-state index < -0.39 is 0 Å². The molecule has 0 bridgehead atoms. The van der Waals surface area contributed by atoms with E-state index in [1.54, 1.807) is 12.5 Å². The van der Waals surface area contributed by atoms with Gasteiger partial charge in [-0.1, -0.05) is 24.6 Å². The number of aromatic nitrogens is 2. The fraction of sp³-hybridized carbons (Fsp3) is 0.400. The van der Waals surface area contributed by atoms with Crippen molar-refractivity contribution in [3.05, 3.63) is 57.9 Å². The average Bonchev–Trinajstić information content (AvgIpc) is 3.52. The number of aromatic amines is 1. The predicted molar refractivity (Wildman–Crippen MR) is 135 cm³/mol. The minimum absolute atomic E-state index is 0.0860.